The summed E-state index contributed by atoms with van der Waals surface area (Å²) in [5, 5.41) is 23.5. The van der Waals surface area contributed by atoms with Gasteiger partial charge in [0.05, 0.1) is 12.0 Å². The number of nitro benzene ring substituents is 1. The molecule has 0 heterocycles. The van der Waals surface area contributed by atoms with Crippen molar-refractivity contribution in [1.29, 1.82) is 0 Å². The van der Waals surface area contributed by atoms with Gasteiger partial charge >= 0.3 is 5.69 Å². The van der Waals surface area contributed by atoms with Crippen molar-refractivity contribution in [1.82, 2.24) is 5.32 Å². The van der Waals surface area contributed by atoms with E-state index in [1.165, 1.54) is 13.2 Å². The number of methoxy groups -OCH3 is 1. The molecule has 0 aromatic heterocycles. The van der Waals surface area contributed by atoms with Crippen LogP contribution in [0.5, 0.6) is 11.5 Å². The average molecular weight is 240 g/mol. The van der Waals surface area contributed by atoms with Gasteiger partial charge in [-0.2, -0.15) is 0 Å². The van der Waals surface area contributed by atoms with Crippen molar-refractivity contribution in [2.75, 3.05) is 14.2 Å². The largest absolute Gasteiger partial charge is 0.500 e. The zero-order valence-corrected chi connectivity index (χ0v) is 10.3. The van der Waals surface area contributed by atoms with Crippen molar-refractivity contribution < 1.29 is 14.8 Å². The lowest BCUT2D eigenvalue weighted by Gasteiger charge is -2.25. The fraction of sp³-hybridized carbons (Fsp3) is 0.455. The first-order valence-electron chi connectivity index (χ1n) is 5.08. The fourth-order valence-corrected chi connectivity index (χ4v) is 1.39. The highest BCUT2D eigenvalue weighted by atomic mass is 16.6. The van der Waals surface area contributed by atoms with Crippen molar-refractivity contribution in [2.45, 2.75) is 19.4 Å². The summed E-state index contributed by atoms with van der Waals surface area (Å²) in [6, 6.07) is 2.92. The first kappa shape index (κ1) is 13.2. The maximum absolute atomic E-state index is 10.8. The Balaban J connectivity index is 3.45. The second-order valence-electron chi connectivity index (χ2n) is 4.18. The van der Waals surface area contributed by atoms with Crippen molar-refractivity contribution >= 4 is 5.69 Å². The third-order valence-corrected chi connectivity index (χ3v) is 2.82. The molecule has 1 rings (SSSR count). The quantitative estimate of drug-likeness (QED) is 0.618. The number of phenolic OH excluding ortho intramolecular Hbond substituents is 1. The molecule has 94 valence electrons. The number of hydrogen-bond acceptors (Lipinski definition) is 5. The van der Waals surface area contributed by atoms with Crippen molar-refractivity contribution in [3.63, 3.8) is 0 Å². The molecule has 6 heteroatoms. The molecule has 0 saturated heterocycles. The number of aromatic hydroxyl groups is 1. The molecule has 0 atom stereocenters. The van der Waals surface area contributed by atoms with Gasteiger partial charge in [-0.05, 0) is 32.5 Å². The maximum Gasteiger partial charge on any atom is 0.315 e. The van der Waals surface area contributed by atoms with E-state index in [0.29, 0.717) is 5.56 Å². The highest BCUT2D eigenvalue weighted by molar-refractivity contribution is 5.58. The summed E-state index contributed by atoms with van der Waals surface area (Å²) in [5.74, 6) is -0.356. The molecule has 0 amide bonds. The van der Waals surface area contributed by atoms with Crippen LogP contribution >= 0.6 is 0 Å². The minimum absolute atomic E-state index is 0.0949. The second kappa shape index (κ2) is 4.58. The standard InChI is InChI=1S/C11H16N2O4/c1-11(2,12-3)7-5-8(13(15)16)10(14)9(6-7)17-4/h5-6,12,14H,1-4H3. The van der Waals surface area contributed by atoms with Crippen LogP contribution in [0.1, 0.15) is 19.4 Å². The number of phenols is 1. The molecule has 0 aliphatic rings. The maximum atomic E-state index is 10.8. The Morgan fingerprint density at radius 3 is 2.47 bits per heavy atom. The van der Waals surface area contributed by atoms with Crippen LogP contribution < -0.4 is 10.1 Å². The Labute approximate surface area is 99.4 Å². The number of hydrogen-bond donors (Lipinski definition) is 2. The molecule has 2 N–H and O–H groups in total. The summed E-state index contributed by atoms with van der Waals surface area (Å²) >= 11 is 0. The minimum Gasteiger partial charge on any atom is -0.500 e. The van der Waals surface area contributed by atoms with Gasteiger partial charge in [-0.3, -0.25) is 10.1 Å². The van der Waals surface area contributed by atoms with Crippen molar-refractivity contribution in [3.05, 3.63) is 27.8 Å². The SMILES string of the molecule is CNC(C)(C)c1cc(OC)c(O)c([N+](=O)[O-])c1. The molecule has 0 fully saturated rings. The zero-order chi connectivity index (χ0) is 13.2. The van der Waals surface area contributed by atoms with Gasteiger partial charge in [-0.25, -0.2) is 0 Å². The molecule has 0 unspecified atom stereocenters. The lowest BCUT2D eigenvalue weighted by Crippen LogP contribution is -2.33. The Hall–Kier alpha value is -1.82. The summed E-state index contributed by atoms with van der Waals surface area (Å²) < 4.78 is 4.93. The van der Waals surface area contributed by atoms with E-state index in [1.54, 1.807) is 13.1 Å². The molecule has 0 aliphatic heterocycles. The van der Waals surface area contributed by atoms with Gasteiger partial charge in [0.2, 0.25) is 5.75 Å². The van der Waals surface area contributed by atoms with Crippen LogP contribution in [0, 0.1) is 10.1 Å². The number of rotatable bonds is 4. The van der Waals surface area contributed by atoms with E-state index in [-0.39, 0.29) is 11.4 Å². The van der Waals surface area contributed by atoms with E-state index in [4.69, 9.17) is 4.74 Å². The smallest absolute Gasteiger partial charge is 0.315 e. The van der Waals surface area contributed by atoms with Gasteiger partial charge in [0.25, 0.3) is 0 Å². The van der Waals surface area contributed by atoms with Crippen LogP contribution in [-0.2, 0) is 5.54 Å². The van der Waals surface area contributed by atoms with E-state index in [2.05, 4.69) is 5.32 Å². The summed E-state index contributed by atoms with van der Waals surface area (Å²) in [5.41, 5.74) is -0.143. The van der Waals surface area contributed by atoms with E-state index in [1.807, 2.05) is 13.8 Å². The Morgan fingerprint density at radius 1 is 1.47 bits per heavy atom. The van der Waals surface area contributed by atoms with Crippen LogP contribution in [-0.4, -0.2) is 24.2 Å². The molecule has 1 aromatic rings. The van der Waals surface area contributed by atoms with Crippen molar-refractivity contribution in [2.24, 2.45) is 0 Å². The van der Waals surface area contributed by atoms with Crippen molar-refractivity contribution in [3.8, 4) is 11.5 Å². The molecule has 17 heavy (non-hydrogen) atoms. The first-order valence-corrected chi connectivity index (χ1v) is 5.08. The molecular weight excluding hydrogens is 224 g/mol. The summed E-state index contributed by atoms with van der Waals surface area (Å²) in [6.45, 7) is 3.76. The third-order valence-electron chi connectivity index (χ3n) is 2.82. The number of nitrogens with one attached hydrogen (secondary N) is 1. The number of nitrogens with zero attached hydrogens (tertiary/aromatic N) is 1. The normalized spacial score (nSPS) is 11.3. The molecule has 0 spiro atoms. The Bertz CT molecular complexity index is 443. The zero-order valence-electron chi connectivity index (χ0n) is 10.3. The van der Waals surface area contributed by atoms with Crippen LogP contribution in [0.4, 0.5) is 5.69 Å². The number of benzene rings is 1. The Kier molecular flexibility index (Phi) is 3.57. The van der Waals surface area contributed by atoms with E-state index in [0.717, 1.165) is 0 Å². The highest BCUT2D eigenvalue weighted by Gasteiger charge is 2.26. The molecule has 0 radical (unpaired) electrons. The van der Waals surface area contributed by atoms with E-state index >= 15 is 0 Å². The van der Waals surface area contributed by atoms with Gasteiger partial charge in [0.1, 0.15) is 0 Å². The lowest BCUT2D eigenvalue weighted by molar-refractivity contribution is -0.386. The van der Waals surface area contributed by atoms with E-state index < -0.39 is 16.2 Å². The van der Waals surface area contributed by atoms with E-state index in [9.17, 15) is 15.2 Å². The molecule has 0 saturated carbocycles. The van der Waals surface area contributed by atoms with Crippen LogP contribution in [0.25, 0.3) is 0 Å². The van der Waals surface area contributed by atoms with Gasteiger partial charge in [0, 0.05) is 11.6 Å². The Morgan fingerprint density at radius 2 is 2.06 bits per heavy atom. The summed E-state index contributed by atoms with van der Waals surface area (Å²) in [6.07, 6.45) is 0. The fourth-order valence-electron chi connectivity index (χ4n) is 1.39. The van der Waals surface area contributed by atoms with Gasteiger partial charge < -0.3 is 15.2 Å². The number of nitro groups is 1. The molecular formula is C11H16N2O4. The van der Waals surface area contributed by atoms with Crippen LogP contribution in [0.2, 0.25) is 0 Å². The minimum atomic E-state index is -0.632. The summed E-state index contributed by atoms with van der Waals surface area (Å²) in [7, 11) is 3.11. The predicted octanol–water partition coefficient (Wildman–Crippen LogP) is 1.76. The molecule has 0 bridgehead atoms. The highest BCUT2D eigenvalue weighted by Crippen LogP contribution is 2.39. The first-order chi connectivity index (χ1) is 7.83. The summed E-state index contributed by atoms with van der Waals surface area (Å²) in [4.78, 5) is 10.2. The predicted molar refractivity (Wildman–Crippen MR) is 63.4 cm³/mol. The van der Waals surface area contributed by atoms with Crippen LogP contribution in [0.15, 0.2) is 12.1 Å². The molecule has 6 nitrogen and oxygen atoms in total. The topological polar surface area (TPSA) is 84.6 Å². The monoisotopic (exact) mass is 240 g/mol. The molecule has 1 aromatic carbocycles. The third kappa shape index (κ3) is 2.47. The molecule has 0 aliphatic carbocycles. The van der Waals surface area contributed by atoms with Crippen LogP contribution in [0.3, 0.4) is 0 Å². The average Bonchev–Trinajstić information content (AvgIpc) is 2.28. The number of ether oxygens (including phenoxy) is 1. The van der Waals surface area contributed by atoms with Gasteiger partial charge in [-0.1, -0.05) is 0 Å². The lowest BCUT2D eigenvalue weighted by atomic mass is 9.93. The van der Waals surface area contributed by atoms with Gasteiger partial charge in [-0.15, -0.1) is 0 Å². The second-order valence-corrected chi connectivity index (χ2v) is 4.18. The van der Waals surface area contributed by atoms with Gasteiger partial charge in [0.15, 0.2) is 5.75 Å².